The molecule has 0 saturated heterocycles. The molecule has 0 aliphatic heterocycles. The molecule has 0 atom stereocenters. The van der Waals surface area contributed by atoms with Crippen molar-refractivity contribution in [3.63, 3.8) is 0 Å². The second-order valence-electron chi connectivity index (χ2n) is 7.14. The number of aromatic nitrogens is 3. The number of anilines is 1. The maximum Gasteiger partial charge on any atom is 0.460 e. The van der Waals surface area contributed by atoms with E-state index in [1.54, 1.807) is 12.4 Å². The molecule has 0 fully saturated rings. The summed E-state index contributed by atoms with van der Waals surface area (Å²) in [5, 5.41) is 9.02. The van der Waals surface area contributed by atoms with Gasteiger partial charge in [0.15, 0.2) is 23.3 Å². The molecule has 0 spiro atoms. The molecular formula is C19H21N5O4S2. The first-order valence-electron chi connectivity index (χ1n) is 8.96. The molecule has 1 N–H and O–H groups in total. The molecule has 0 saturated carbocycles. The fourth-order valence-electron chi connectivity index (χ4n) is 2.34. The first-order chi connectivity index (χ1) is 14.2. The van der Waals surface area contributed by atoms with Gasteiger partial charge in [-0.3, -0.25) is 10.1 Å². The maximum absolute atomic E-state index is 12.0. The number of carbonyl (C=O) groups is 1. The van der Waals surface area contributed by atoms with Crippen molar-refractivity contribution in [3.8, 4) is 0 Å². The van der Waals surface area contributed by atoms with E-state index in [2.05, 4.69) is 20.4 Å². The van der Waals surface area contributed by atoms with Crippen LogP contribution in [0.25, 0.3) is 0 Å². The number of hydrogen-bond acceptors (Lipinski definition) is 9. The topological polar surface area (TPSA) is 112 Å². The van der Waals surface area contributed by atoms with Crippen molar-refractivity contribution >= 4 is 39.2 Å². The van der Waals surface area contributed by atoms with Gasteiger partial charge in [-0.15, -0.1) is 11.3 Å². The number of amides is 1. The lowest BCUT2D eigenvalue weighted by molar-refractivity contribution is 0.128. The van der Waals surface area contributed by atoms with E-state index >= 15 is 0 Å². The predicted octanol–water partition coefficient (Wildman–Crippen LogP) is 3.86. The third kappa shape index (κ3) is 6.04. The molecule has 0 unspecified atom stereocenters. The second kappa shape index (κ2) is 9.26. The Morgan fingerprint density at radius 1 is 1.30 bits per heavy atom. The van der Waals surface area contributed by atoms with Gasteiger partial charge < -0.3 is 9.36 Å². The lowest BCUT2D eigenvalue weighted by Crippen LogP contribution is -2.16. The number of oxime groups is 1. The fourth-order valence-corrected chi connectivity index (χ4v) is 3.80. The Morgan fingerprint density at radius 2 is 2.03 bits per heavy atom. The number of thiazole rings is 1. The molecule has 0 bridgehead atoms. The summed E-state index contributed by atoms with van der Waals surface area (Å²) in [6.45, 7) is 5.98. The summed E-state index contributed by atoms with van der Waals surface area (Å²) in [6.07, 6.45) is 0. The fraction of sp³-hybridized carbons (Fsp3) is 0.316. The van der Waals surface area contributed by atoms with Gasteiger partial charge in [-0.1, -0.05) is 68.0 Å². The average molecular weight is 448 g/mol. The summed E-state index contributed by atoms with van der Waals surface area (Å²) in [7, 11) is 1.56. The predicted molar refractivity (Wildman–Crippen MR) is 117 cm³/mol. The number of nitrogens with zero attached hydrogens (tertiary/aromatic N) is 4. The third-order valence-corrected chi connectivity index (χ3v) is 5.20. The SMILES string of the molecule is Cn1oc(=O)nc1/C(=N\OCc1csc(NC(=O)SC(C)(C)C)n1)c1ccccc1. The van der Waals surface area contributed by atoms with E-state index in [4.69, 9.17) is 9.36 Å². The van der Waals surface area contributed by atoms with Crippen LogP contribution in [0.15, 0.2) is 50.2 Å². The molecule has 3 rings (SSSR count). The number of aryl methyl sites for hydroxylation is 1. The van der Waals surface area contributed by atoms with E-state index in [0.29, 0.717) is 22.1 Å². The minimum absolute atomic E-state index is 0.0842. The molecule has 0 radical (unpaired) electrons. The highest BCUT2D eigenvalue weighted by molar-refractivity contribution is 8.15. The van der Waals surface area contributed by atoms with Crippen LogP contribution in [0.4, 0.5) is 9.93 Å². The summed E-state index contributed by atoms with van der Waals surface area (Å²) in [5.41, 5.74) is 1.68. The quantitative estimate of drug-likeness (QED) is 0.451. The van der Waals surface area contributed by atoms with Crippen LogP contribution in [0.1, 0.15) is 37.9 Å². The zero-order valence-electron chi connectivity index (χ0n) is 16.9. The Morgan fingerprint density at radius 3 is 2.67 bits per heavy atom. The Balaban J connectivity index is 1.70. The number of benzene rings is 1. The van der Waals surface area contributed by atoms with Crippen LogP contribution in [-0.2, 0) is 18.5 Å². The normalized spacial score (nSPS) is 12.1. The molecule has 9 nitrogen and oxygen atoms in total. The molecule has 2 heterocycles. The Kier molecular flexibility index (Phi) is 6.73. The van der Waals surface area contributed by atoms with Gasteiger partial charge in [-0.05, 0) is 0 Å². The Labute approximate surface area is 181 Å². The van der Waals surface area contributed by atoms with Crippen molar-refractivity contribution in [2.24, 2.45) is 12.2 Å². The molecule has 0 aliphatic rings. The number of rotatable bonds is 6. The minimum Gasteiger partial charge on any atom is -0.389 e. The summed E-state index contributed by atoms with van der Waals surface area (Å²) < 4.78 is 5.97. The smallest absolute Gasteiger partial charge is 0.389 e. The van der Waals surface area contributed by atoms with Crippen molar-refractivity contribution in [2.45, 2.75) is 32.1 Å². The maximum atomic E-state index is 12.0. The average Bonchev–Trinajstić information content (AvgIpc) is 3.23. The van der Waals surface area contributed by atoms with E-state index in [-0.39, 0.29) is 22.4 Å². The number of carbonyl (C=O) groups excluding carboxylic acids is 1. The highest BCUT2D eigenvalue weighted by Gasteiger charge is 2.18. The van der Waals surface area contributed by atoms with Crippen LogP contribution in [-0.4, -0.2) is 30.4 Å². The lowest BCUT2D eigenvalue weighted by Gasteiger charge is -2.15. The van der Waals surface area contributed by atoms with Crippen LogP contribution in [0.3, 0.4) is 0 Å². The summed E-state index contributed by atoms with van der Waals surface area (Å²) in [4.78, 5) is 37.1. The molecule has 11 heteroatoms. The van der Waals surface area contributed by atoms with E-state index < -0.39 is 5.76 Å². The summed E-state index contributed by atoms with van der Waals surface area (Å²) in [6, 6.07) is 9.20. The monoisotopic (exact) mass is 447 g/mol. The molecule has 1 amide bonds. The first kappa shape index (κ1) is 21.8. The molecule has 30 heavy (non-hydrogen) atoms. The molecule has 158 valence electrons. The van der Waals surface area contributed by atoms with Crippen LogP contribution >= 0.6 is 23.1 Å². The van der Waals surface area contributed by atoms with Gasteiger partial charge in [-0.25, -0.2) is 9.78 Å². The number of hydrogen-bond donors (Lipinski definition) is 1. The van der Waals surface area contributed by atoms with Crippen molar-refractivity contribution in [3.05, 3.63) is 63.3 Å². The Hall–Kier alpha value is -2.92. The number of thioether (sulfide) groups is 1. The number of nitrogens with one attached hydrogen (secondary N) is 1. The largest absolute Gasteiger partial charge is 0.460 e. The molecule has 2 aromatic heterocycles. The lowest BCUT2D eigenvalue weighted by atomic mass is 10.1. The van der Waals surface area contributed by atoms with Crippen LogP contribution in [0.2, 0.25) is 0 Å². The zero-order valence-corrected chi connectivity index (χ0v) is 18.5. The standard InChI is InChI=1S/C19H21N5O4S2/c1-19(2,3)30-18(26)22-16-20-13(11-29-16)10-27-23-14(12-8-6-5-7-9-12)15-21-17(25)28-24(15)4/h5-9,11H,10H2,1-4H3,(H,20,22,26)/b23-14-. The van der Waals surface area contributed by atoms with Crippen molar-refractivity contribution in [2.75, 3.05) is 5.32 Å². The van der Waals surface area contributed by atoms with Gasteiger partial charge in [0.2, 0.25) is 0 Å². The van der Waals surface area contributed by atoms with E-state index in [1.807, 2.05) is 51.1 Å². The minimum atomic E-state index is -0.718. The zero-order chi connectivity index (χ0) is 21.7. The molecular weight excluding hydrogens is 426 g/mol. The second-order valence-corrected chi connectivity index (χ2v) is 9.80. The third-order valence-electron chi connectivity index (χ3n) is 3.50. The van der Waals surface area contributed by atoms with Crippen LogP contribution < -0.4 is 11.1 Å². The van der Waals surface area contributed by atoms with E-state index in [0.717, 1.165) is 0 Å². The highest BCUT2D eigenvalue weighted by atomic mass is 32.2. The van der Waals surface area contributed by atoms with Crippen LogP contribution in [0, 0.1) is 0 Å². The van der Waals surface area contributed by atoms with Gasteiger partial charge in [-0.2, -0.15) is 9.72 Å². The van der Waals surface area contributed by atoms with Gasteiger partial charge >= 0.3 is 5.76 Å². The summed E-state index contributed by atoms with van der Waals surface area (Å²) in [5.74, 6) is -0.472. The highest BCUT2D eigenvalue weighted by Crippen LogP contribution is 2.26. The van der Waals surface area contributed by atoms with Gasteiger partial charge in [0.1, 0.15) is 0 Å². The molecule has 3 aromatic rings. The Bertz CT molecular complexity index is 1100. The van der Waals surface area contributed by atoms with Gasteiger partial charge in [0, 0.05) is 22.7 Å². The van der Waals surface area contributed by atoms with E-state index in [9.17, 15) is 9.59 Å². The molecule has 0 aliphatic carbocycles. The summed E-state index contributed by atoms with van der Waals surface area (Å²) >= 11 is 2.50. The van der Waals surface area contributed by atoms with Crippen molar-refractivity contribution in [1.29, 1.82) is 0 Å². The van der Waals surface area contributed by atoms with Gasteiger partial charge in [0.05, 0.1) is 5.69 Å². The van der Waals surface area contributed by atoms with Crippen LogP contribution in [0.5, 0.6) is 0 Å². The van der Waals surface area contributed by atoms with E-state index in [1.165, 1.54) is 27.8 Å². The van der Waals surface area contributed by atoms with Crippen molar-refractivity contribution < 1.29 is 14.2 Å². The first-order valence-corrected chi connectivity index (χ1v) is 10.7. The molecule has 1 aromatic carbocycles. The van der Waals surface area contributed by atoms with Gasteiger partial charge in [0.25, 0.3) is 5.24 Å². The van der Waals surface area contributed by atoms with Crippen molar-refractivity contribution in [1.82, 2.24) is 14.7 Å².